The largest absolute Gasteiger partial charge is 0.392 e. The van der Waals surface area contributed by atoms with E-state index in [2.05, 4.69) is 15.5 Å². The highest BCUT2D eigenvalue weighted by Gasteiger charge is 2.50. The number of carbonyl (C=O) groups is 4. The first-order chi connectivity index (χ1) is 13.9. The van der Waals surface area contributed by atoms with Gasteiger partial charge in [0.25, 0.3) is 11.8 Å². The average Bonchev–Trinajstić information content (AvgIpc) is 3.11. The number of rotatable bonds is 3. The van der Waals surface area contributed by atoms with Crippen LogP contribution in [0, 0.1) is 0 Å². The van der Waals surface area contributed by atoms with Crippen LogP contribution in [0.2, 0.25) is 0 Å². The molecule has 3 saturated heterocycles. The Hall–Kier alpha value is -2.62. The number of piperidine rings is 1. The van der Waals surface area contributed by atoms with Crippen LogP contribution < -0.4 is 10.6 Å². The summed E-state index contributed by atoms with van der Waals surface area (Å²) in [5, 5.41) is 15.6. The topological polar surface area (TPSA) is 119 Å². The molecule has 5 rings (SSSR count). The van der Waals surface area contributed by atoms with Crippen molar-refractivity contribution in [3.63, 3.8) is 0 Å². The van der Waals surface area contributed by atoms with Crippen molar-refractivity contribution in [3.8, 4) is 0 Å². The molecule has 152 valence electrons. The van der Waals surface area contributed by atoms with Crippen molar-refractivity contribution in [2.45, 2.75) is 43.5 Å². The third-order valence-corrected chi connectivity index (χ3v) is 6.54. The molecule has 0 radical (unpaired) electrons. The number of carbonyl (C=O) groups excluding carboxylic acids is 4. The number of fused-ring (bicyclic) bond motifs is 1. The standard InChI is InChI=1S/C20H22N4O5/c25-12-6-20(9-21-10-20)23(8-12)7-11-2-1-3-13-16(11)19(29)24(18(13)28)14-4-5-15(26)22-17(14)27/h1-3,12,14,21,25H,4-10H2,(H,22,26,27). The molecule has 2 atom stereocenters. The predicted molar refractivity (Wildman–Crippen MR) is 99.7 cm³/mol. The Morgan fingerprint density at radius 1 is 1.14 bits per heavy atom. The fraction of sp³-hybridized carbons (Fsp3) is 0.500. The number of benzene rings is 1. The molecule has 0 aromatic heterocycles. The van der Waals surface area contributed by atoms with Crippen molar-refractivity contribution in [3.05, 3.63) is 34.9 Å². The van der Waals surface area contributed by atoms with Gasteiger partial charge in [-0.1, -0.05) is 12.1 Å². The van der Waals surface area contributed by atoms with Crippen molar-refractivity contribution >= 4 is 23.6 Å². The lowest BCUT2D eigenvalue weighted by Gasteiger charge is -2.46. The number of likely N-dealkylation sites (tertiary alicyclic amines) is 1. The first-order valence-corrected chi connectivity index (χ1v) is 9.87. The molecule has 0 aliphatic carbocycles. The number of β-amino-alcohol motifs (C(OH)–C–C–N with tert-alkyl or cyclic N) is 1. The number of hydrogen-bond donors (Lipinski definition) is 3. The molecule has 1 spiro atoms. The van der Waals surface area contributed by atoms with Crippen LogP contribution in [-0.4, -0.2) is 75.9 Å². The second-order valence-electron chi connectivity index (χ2n) is 8.35. The molecule has 3 fully saturated rings. The SMILES string of the molecule is O=C1CCC(N2C(=O)c3cccc(CN4CC(O)CC45CNC5)c3C2=O)C(=O)N1. The minimum atomic E-state index is -0.969. The quantitative estimate of drug-likeness (QED) is 0.559. The third kappa shape index (κ3) is 2.72. The summed E-state index contributed by atoms with van der Waals surface area (Å²) in [4.78, 5) is 53.0. The number of nitrogens with zero attached hydrogens (tertiary/aromatic N) is 2. The molecule has 2 unspecified atom stereocenters. The van der Waals surface area contributed by atoms with Crippen molar-refractivity contribution < 1.29 is 24.3 Å². The van der Waals surface area contributed by atoms with E-state index in [9.17, 15) is 24.3 Å². The number of amides is 4. The fourth-order valence-corrected chi connectivity index (χ4v) is 5.02. The first-order valence-electron chi connectivity index (χ1n) is 9.87. The number of imide groups is 2. The van der Waals surface area contributed by atoms with Crippen LogP contribution >= 0.6 is 0 Å². The molecule has 0 saturated carbocycles. The molecule has 9 heteroatoms. The summed E-state index contributed by atoms with van der Waals surface area (Å²) in [5.74, 6) is -1.99. The summed E-state index contributed by atoms with van der Waals surface area (Å²) in [7, 11) is 0. The summed E-state index contributed by atoms with van der Waals surface area (Å²) in [6.45, 7) is 2.54. The zero-order valence-electron chi connectivity index (χ0n) is 15.8. The van der Waals surface area contributed by atoms with Gasteiger partial charge in [0.2, 0.25) is 11.8 Å². The number of aliphatic hydroxyl groups excluding tert-OH is 1. The fourth-order valence-electron chi connectivity index (χ4n) is 5.02. The van der Waals surface area contributed by atoms with E-state index in [-0.39, 0.29) is 23.9 Å². The highest BCUT2D eigenvalue weighted by molar-refractivity contribution is 6.24. The Morgan fingerprint density at radius 3 is 2.62 bits per heavy atom. The van der Waals surface area contributed by atoms with Gasteiger partial charge < -0.3 is 10.4 Å². The second-order valence-corrected chi connectivity index (χ2v) is 8.35. The van der Waals surface area contributed by atoms with Gasteiger partial charge in [-0.3, -0.25) is 34.3 Å². The van der Waals surface area contributed by atoms with Crippen LogP contribution in [0.1, 0.15) is 45.5 Å². The van der Waals surface area contributed by atoms with Gasteiger partial charge in [-0.15, -0.1) is 0 Å². The molecule has 0 bridgehead atoms. The molecule has 1 aromatic rings. The van der Waals surface area contributed by atoms with Crippen molar-refractivity contribution in [1.82, 2.24) is 20.4 Å². The van der Waals surface area contributed by atoms with Crippen LogP contribution in [0.3, 0.4) is 0 Å². The third-order valence-electron chi connectivity index (χ3n) is 6.54. The van der Waals surface area contributed by atoms with E-state index < -0.39 is 35.8 Å². The van der Waals surface area contributed by atoms with Crippen LogP contribution in [0.4, 0.5) is 0 Å². The zero-order valence-corrected chi connectivity index (χ0v) is 15.8. The molecule has 1 aromatic carbocycles. The highest BCUT2D eigenvalue weighted by Crippen LogP contribution is 2.36. The lowest BCUT2D eigenvalue weighted by molar-refractivity contribution is -0.136. The maximum absolute atomic E-state index is 13.2. The number of hydrogen-bond acceptors (Lipinski definition) is 7. The van der Waals surface area contributed by atoms with E-state index in [1.807, 2.05) is 6.07 Å². The molecule has 4 aliphatic rings. The van der Waals surface area contributed by atoms with Gasteiger partial charge in [-0.2, -0.15) is 0 Å². The molecular weight excluding hydrogens is 376 g/mol. The Bertz CT molecular complexity index is 941. The predicted octanol–water partition coefficient (Wildman–Crippen LogP) is -1.00. The van der Waals surface area contributed by atoms with Gasteiger partial charge in [0.15, 0.2) is 0 Å². The van der Waals surface area contributed by atoms with Crippen LogP contribution in [0.5, 0.6) is 0 Å². The molecule has 4 heterocycles. The van der Waals surface area contributed by atoms with Gasteiger partial charge in [0, 0.05) is 38.1 Å². The Labute approximate surface area is 167 Å². The molecule has 4 amide bonds. The average molecular weight is 398 g/mol. The summed E-state index contributed by atoms with van der Waals surface area (Å²) in [6, 6.07) is 4.20. The van der Waals surface area contributed by atoms with Crippen LogP contribution in [-0.2, 0) is 16.1 Å². The summed E-state index contributed by atoms with van der Waals surface area (Å²) >= 11 is 0. The van der Waals surface area contributed by atoms with Gasteiger partial charge >= 0.3 is 0 Å². The van der Waals surface area contributed by atoms with Crippen molar-refractivity contribution in [2.75, 3.05) is 19.6 Å². The number of nitrogens with one attached hydrogen (secondary N) is 2. The Balaban J connectivity index is 1.45. The monoisotopic (exact) mass is 398 g/mol. The maximum Gasteiger partial charge on any atom is 0.262 e. The van der Waals surface area contributed by atoms with Crippen LogP contribution in [0.25, 0.3) is 0 Å². The zero-order chi connectivity index (χ0) is 20.3. The van der Waals surface area contributed by atoms with E-state index in [0.29, 0.717) is 25.1 Å². The second kappa shape index (κ2) is 6.45. The van der Waals surface area contributed by atoms with E-state index >= 15 is 0 Å². The lowest BCUT2D eigenvalue weighted by atomic mass is 9.88. The molecule has 3 N–H and O–H groups in total. The van der Waals surface area contributed by atoms with Gasteiger partial charge in [-0.05, 0) is 24.5 Å². The van der Waals surface area contributed by atoms with E-state index in [4.69, 9.17) is 0 Å². The normalized spacial score (nSPS) is 28.7. The summed E-state index contributed by atoms with van der Waals surface area (Å²) < 4.78 is 0. The molecule has 29 heavy (non-hydrogen) atoms. The van der Waals surface area contributed by atoms with Crippen molar-refractivity contribution in [2.24, 2.45) is 0 Å². The minimum absolute atomic E-state index is 0.0951. The lowest BCUT2D eigenvalue weighted by Crippen LogP contribution is -2.65. The van der Waals surface area contributed by atoms with E-state index in [1.54, 1.807) is 12.1 Å². The molecular formula is C20H22N4O5. The highest BCUT2D eigenvalue weighted by atomic mass is 16.3. The van der Waals surface area contributed by atoms with E-state index in [1.165, 1.54) is 0 Å². The van der Waals surface area contributed by atoms with Gasteiger partial charge in [-0.25, -0.2) is 0 Å². The molecule has 4 aliphatic heterocycles. The van der Waals surface area contributed by atoms with Gasteiger partial charge in [0.1, 0.15) is 6.04 Å². The molecule has 9 nitrogen and oxygen atoms in total. The number of aliphatic hydroxyl groups is 1. The van der Waals surface area contributed by atoms with Gasteiger partial charge in [0.05, 0.1) is 17.2 Å². The maximum atomic E-state index is 13.2. The van der Waals surface area contributed by atoms with E-state index in [0.717, 1.165) is 23.6 Å². The minimum Gasteiger partial charge on any atom is -0.392 e. The Kier molecular flexibility index (Phi) is 4.09. The first kappa shape index (κ1) is 18.4. The summed E-state index contributed by atoms with van der Waals surface area (Å²) in [6.07, 6.45) is 0.506. The smallest absolute Gasteiger partial charge is 0.262 e. The van der Waals surface area contributed by atoms with Crippen LogP contribution in [0.15, 0.2) is 18.2 Å². The van der Waals surface area contributed by atoms with Crippen molar-refractivity contribution in [1.29, 1.82) is 0 Å². The summed E-state index contributed by atoms with van der Waals surface area (Å²) in [5.41, 5.74) is 1.22. The Morgan fingerprint density at radius 2 is 1.93 bits per heavy atom.